The number of hydrogen-bond donors (Lipinski definition) is 1. The molecule has 0 unspecified atom stereocenters. The number of hydrogen-bond acceptors (Lipinski definition) is 8. The van der Waals surface area contributed by atoms with Crippen molar-refractivity contribution in [3.8, 4) is 16.9 Å². The van der Waals surface area contributed by atoms with E-state index in [9.17, 15) is 0 Å². The molecule has 1 N–H and O–H groups in total. The third-order valence-electron chi connectivity index (χ3n) is 5.42. The summed E-state index contributed by atoms with van der Waals surface area (Å²) >= 11 is 1.62. The van der Waals surface area contributed by atoms with Gasteiger partial charge in [-0.1, -0.05) is 24.2 Å². The van der Waals surface area contributed by atoms with E-state index in [0.29, 0.717) is 23.0 Å². The molecule has 0 saturated heterocycles. The lowest BCUT2D eigenvalue weighted by Gasteiger charge is -2.15. The SMILES string of the molecule is CC(C)Oc1c(-c2cnn(C)c2)cnc2ccc(Nc3nnc(C4CCCC4)s3)nc12. The third kappa shape index (κ3) is 4.10. The minimum absolute atomic E-state index is 0.00318. The van der Waals surface area contributed by atoms with Crippen LogP contribution in [-0.2, 0) is 7.05 Å². The zero-order valence-corrected chi connectivity index (χ0v) is 18.7. The van der Waals surface area contributed by atoms with Crippen LogP contribution in [0.5, 0.6) is 5.75 Å². The molecule has 0 spiro atoms. The zero-order valence-electron chi connectivity index (χ0n) is 17.9. The predicted molar refractivity (Wildman–Crippen MR) is 122 cm³/mol. The number of ether oxygens (including phenoxy) is 1. The number of fused-ring (bicyclic) bond motifs is 1. The van der Waals surface area contributed by atoms with Crippen molar-refractivity contribution in [2.75, 3.05) is 5.32 Å². The molecule has 1 aliphatic rings. The standard InChI is InChI=1S/C22H25N7OS/c1-13(2)30-20-16(15-10-24-29(3)12-15)11-23-17-8-9-18(25-19(17)20)26-22-28-27-21(31-22)14-6-4-5-7-14/h8-14H,4-7H2,1-3H3,(H,25,26,28). The number of aryl methyl sites for hydroxylation is 1. The molecule has 1 aliphatic carbocycles. The van der Waals surface area contributed by atoms with Crippen molar-refractivity contribution in [3.63, 3.8) is 0 Å². The minimum Gasteiger partial charge on any atom is -0.488 e. The molecule has 0 bridgehead atoms. The zero-order chi connectivity index (χ0) is 21.4. The third-order valence-corrected chi connectivity index (χ3v) is 6.42. The van der Waals surface area contributed by atoms with Crippen LogP contribution in [0.2, 0.25) is 0 Å². The molecule has 0 radical (unpaired) electrons. The Hall–Kier alpha value is -3.07. The van der Waals surface area contributed by atoms with E-state index < -0.39 is 0 Å². The summed E-state index contributed by atoms with van der Waals surface area (Å²) in [4.78, 5) is 9.44. The van der Waals surface area contributed by atoms with Crippen LogP contribution < -0.4 is 10.1 Å². The van der Waals surface area contributed by atoms with Crippen molar-refractivity contribution >= 4 is 33.3 Å². The van der Waals surface area contributed by atoms with E-state index in [1.165, 1.54) is 25.7 Å². The Morgan fingerprint density at radius 2 is 2.00 bits per heavy atom. The molecular weight excluding hydrogens is 410 g/mol. The molecular formula is C22H25N7OS. The van der Waals surface area contributed by atoms with Crippen molar-refractivity contribution in [1.29, 1.82) is 0 Å². The van der Waals surface area contributed by atoms with Crippen LogP contribution in [0.3, 0.4) is 0 Å². The Kier molecular flexibility index (Phi) is 5.27. The highest BCUT2D eigenvalue weighted by atomic mass is 32.1. The lowest BCUT2D eigenvalue weighted by atomic mass is 10.1. The molecule has 1 fully saturated rings. The topological polar surface area (TPSA) is 90.6 Å². The molecule has 4 aromatic rings. The molecule has 31 heavy (non-hydrogen) atoms. The first-order valence-corrected chi connectivity index (χ1v) is 11.4. The van der Waals surface area contributed by atoms with E-state index in [-0.39, 0.29) is 6.10 Å². The van der Waals surface area contributed by atoms with Crippen LogP contribution in [-0.4, -0.2) is 36.0 Å². The first-order valence-electron chi connectivity index (χ1n) is 10.6. The van der Waals surface area contributed by atoms with E-state index in [0.717, 1.165) is 26.8 Å². The van der Waals surface area contributed by atoms with E-state index in [1.807, 2.05) is 51.6 Å². The molecule has 0 aliphatic heterocycles. The Balaban J connectivity index is 1.51. The largest absolute Gasteiger partial charge is 0.488 e. The summed E-state index contributed by atoms with van der Waals surface area (Å²) in [6, 6.07) is 3.86. The van der Waals surface area contributed by atoms with Gasteiger partial charge in [0.05, 0.1) is 17.8 Å². The number of rotatable bonds is 6. The Bertz CT molecular complexity index is 1210. The molecule has 9 heteroatoms. The highest BCUT2D eigenvalue weighted by Crippen LogP contribution is 2.38. The Morgan fingerprint density at radius 1 is 1.16 bits per heavy atom. The second-order valence-corrected chi connectivity index (χ2v) is 9.20. The van der Waals surface area contributed by atoms with Gasteiger partial charge in [0.25, 0.3) is 0 Å². The van der Waals surface area contributed by atoms with Gasteiger partial charge in [0, 0.05) is 36.5 Å². The predicted octanol–water partition coefficient (Wildman–Crippen LogP) is 5.07. The van der Waals surface area contributed by atoms with Gasteiger partial charge in [0.15, 0.2) is 5.75 Å². The fraction of sp³-hybridized carbons (Fsp3) is 0.409. The monoisotopic (exact) mass is 435 g/mol. The highest BCUT2D eigenvalue weighted by Gasteiger charge is 2.21. The second kappa shape index (κ2) is 8.22. The van der Waals surface area contributed by atoms with Crippen LogP contribution in [0.25, 0.3) is 22.2 Å². The second-order valence-electron chi connectivity index (χ2n) is 8.19. The maximum absolute atomic E-state index is 6.21. The van der Waals surface area contributed by atoms with Gasteiger partial charge in [-0.2, -0.15) is 5.10 Å². The van der Waals surface area contributed by atoms with Crippen LogP contribution in [0.15, 0.2) is 30.7 Å². The summed E-state index contributed by atoms with van der Waals surface area (Å²) in [6.45, 7) is 4.01. The van der Waals surface area contributed by atoms with Crippen molar-refractivity contribution < 1.29 is 4.74 Å². The summed E-state index contributed by atoms with van der Waals surface area (Å²) in [6.07, 6.45) is 10.6. The fourth-order valence-corrected chi connectivity index (χ4v) is 4.89. The van der Waals surface area contributed by atoms with E-state index in [2.05, 4.69) is 25.6 Å². The number of aromatic nitrogens is 6. The molecule has 1 saturated carbocycles. The van der Waals surface area contributed by atoms with E-state index >= 15 is 0 Å². The van der Waals surface area contributed by atoms with Gasteiger partial charge in [-0.15, -0.1) is 10.2 Å². The Labute approximate surface area is 184 Å². The van der Waals surface area contributed by atoms with Crippen molar-refractivity contribution in [1.82, 2.24) is 29.9 Å². The Morgan fingerprint density at radius 3 is 2.74 bits per heavy atom. The van der Waals surface area contributed by atoms with Crippen molar-refractivity contribution in [2.24, 2.45) is 7.05 Å². The average molecular weight is 436 g/mol. The minimum atomic E-state index is -0.00318. The summed E-state index contributed by atoms with van der Waals surface area (Å²) in [5, 5.41) is 18.2. The lowest BCUT2D eigenvalue weighted by molar-refractivity contribution is 0.246. The summed E-state index contributed by atoms with van der Waals surface area (Å²) in [7, 11) is 1.89. The van der Waals surface area contributed by atoms with Crippen molar-refractivity contribution in [2.45, 2.75) is 51.6 Å². The first-order chi connectivity index (χ1) is 15.1. The summed E-state index contributed by atoms with van der Waals surface area (Å²) in [5.74, 6) is 1.95. The molecule has 0 aromatic carbocycles. The van der Waals surface area contributed by atoms with Gasteiger partial charge < -0.3 is 10.1 Å². The highest BCUT2D eigenvalue weighted by molar-refractivity contribution is 7.15. The molecule has 5 rings (SSSR count). The van der Waals surface area contributed by atoms with E-state index in [4.69, 9.17) is 9.72 Å². The van der Waals surface area contributed by atoms with Gasteiger partial charge in [-0.3, -0.25) is 9.67 Å². The van der Waals surface area contributed by atoms with Crippen LogP contribution in [0.1, 0.15) is 50.5 Å². The lowest BCUT2D eigenvalue weighted by Crippen LogP contribution is -2.08. The van der Waals surface area contributed by atoms with Crippen LogP contribution in [0, 0.1) is 0 Å². The maximum Gasteiger partial charge on any atom is 0.211 e. The molecule has 4 aromatic heterocycles. The van der Waals surface area contributed by atoms with Crippen LogP contribution in [0.4, 0.5) is 10.9 Å². The quantitative estimate of drug-likeness (QED) is 0.452. The smallest absolute Gasteiger partial charge is 0.211 e. The van der Waals surface area contributed by atoms with Crippen molar-refractivity contribution in [3.05, 3.63) is 35.7 Å². The fourth-order valence-electron chi connectivity index (χ4n) is 3.97. The molecule has 4 heterocycles. The van der Waals surface area contributed by atoms with E-state index in [1.54, 1.807) is 16.0 Å². The molecule has 8 nitrogen and oxygen atoms in total. The summed E-state index contributed by atoms with van der Waals surface area (Å²) in [5.41, 5.74) is 3.30. The number of nitrogens with one attached hydrogen (secondary N) is 1. The van der Waals surface area contributed by atoms with Gasteiger partial charge in [-0.05, 0) is 38.8 Å². The van der Waals surface area contributed by atoms with Gasteiger partial charge in [0.1, 0.15) is 16.3 Å². The number of anilines is 2. The van der Waals surface area contributed by atoms with Gasteiger partial charge in [0.2, 0.25) is 5.13 Å². The average Bonchev–Trinajstić information content (AvgIpc) is 3.50. The molecule has 160 valence electrons. The van der Waals surface area contributed by atoms with Gasteiger partial charge >= 0.3 is 0 Å². The molecule has 0 amide bonds. The normalized spacial score (nSPS) is 14.6. The first kappa shape index (κ1) is 19.9. The molecule has 0 atom stereocenters. The summed E-state index contributed by atoms with van der Waals surface area (Å²) < 4.78 is 7.97. The van der Waals surface area contributed by atoms with Crippen LogP contribution >= 0.6 is 11.3 Å². The number of pyridine rings is 2. The maximum atomic E-state index is 6.21. The number of nitrogens with zero attached hydrogens (tertiary/aromatic N) is 6. The van der Waals surface area contributed by atoms with Gasteiger partial charge in [-0.25, -0.2) is 4.98 Å².